The standard InChI is InChI=1S/C19H24N2O2/c1-20-12-15-5-4-10-21(13-15)19(22)14-23-18-9-8-16-6-2-3-7-17(16)11-18/h2-3,6-9,11,15,20H,4-5,10,12-14H2,1H3. The molecule has 1 fully saturated rings. The Bertz CT molecular complexity index is 669. The number of ether oxygens (including phenoxy) is 1. The molecule has 1 saturated heterocycles. The summed E-state index contributed by atoms with van der Waals surface area (Å²) in [6.45, 7) is 2.76. The van der Waals surface area contributed by atoms with Gasteiger partial charge in [-0.15, -0.1) is 0 Å². The van der Waals surface area contributed by atoms with E-state index in [1.54, 1.807) is 0 Å². The molecule has 1 unspecified atom stereocenters. The number of fused-ring (bicyclic) bond motifs is 1. The van der Waals surface area contributed by atoms with Gasteiger partial charge < -0.3 is 15.0 Å². The lowest BCUT2D eigenvalue weighted by Gasteiger charge is -2.32. The molecule has 122 valence electrons. The second-order valence-corrected chi connectivity index (χ2v) is 6.20. The van der Waals surface area contributed by atoms with Gasteiger partial charge in [-0.1, -0.05) is 30.3 Å². The quantitative estimate of drug-likeness (QED) is 0.923. The molecule has 23 heavy (non-hydrogen) atoms. The molecular weight excluding hydrogens is 288 g/mol. The van der Waals surface area contributed by atoms with Gasteiger partial charge in [-0.25, -0.2) is 0 Å². The Hall–Kier alpha value is -2.07. The van der Waals surface area contributed by atoms with E-state index in [0.717, 1.165) is 37.2 Å². The van der Waals surface area contributed by atoms with Crippen molar-refractivity contribution >= 4 is 16.7 Å². The normalized spacial score (nSPS) is 18.1. The summed E-state index contributed by atoms with van der Waals surface area (Å²) < 4.78 is 5.72. The number of rotatable bonds is 5. The monoisotopic (exact) mass is 312 g/mol. The van der Waals surface area contributed by atoms with Gasteiger partial charge in [-0.05, 0) is 55.3 Å². The third kappa shape index (κ3) is 4.02. The minimum absolute atomic E-state index is 0.0824. The van der Waals surface area contributed by atoms with E-state index < -0.39 is 0 Å². The Kier molecular flexibility index (Phi) is 5.13. The number of nitrogens with one attached hydrogen (secondary N) is 1. The SMILES string of the molecule is CNCC1CCCN(C(=O)COc2ccc3ccccc3c2)C1. The number of likely N-dealkylation sites (tertiary alicyclic amines) is 1. The van der Waals surface area contributed by atoms with E-state index >= 15 is 0 Å². The third-order valence-corrected chi connectivity index (χ3v) is 4.45. The fourth-order valence-electron chi connectivity index (χ4n) is 3.24. The average Bonchev–Trinajstić information content (AvgIpc) is 2.60. The molecule has 2 aromatic rings. The van der Waals surface area contributed by atoms with Crippen LogP contribution < -0.4 is 10.1 Å². The highest BCUT2D eigenvalue weighted by Crippen LogP contribution is 2.21. The highest BCUT2D eigenvalue weighted by molar-refractivity contribution is 5.84. The summed E-state index contributed by atoms with van der Waals surface area (Å²) in [5, 5.41) is 5.51. The molecule has 1 amide bonds. The first-order chi connectivity index (χ1) is 11.3. The fraction of sp³-hybridized carbons (Fsp3) is 0.421. The van der Waals surface area contributed by atoms with Gasteiger partial charge in [-0.3, -0.25) is 4.79 Å². The van der Waals surface area contributed by atoms with Gasteiger partial charge in [-0.2, -0.15) is 0 Å². The van der Waals surface area contributed by atoms with Crippen molar-refractivity contribution in [1.82, 2.24) is 10.2 Å². The van der Waals surface area contributed by atoms with Crippen LogP contribution in [0.1, 0.15) is 12.8 Å². The van der Waals surface area contributed by atoms with Crippen LogP contribution in [0.3, 0.4) is 0 Å². The van der Waals surface area contributed by atoms with E-state index in [9.17, 15) is 4.79 Å². The summed E-state index contributed by atoms with van der Waals surface area (Å²) in [6.07, 6.45) is 2.27. The molecule has 0 spiro atoms. The number of hydrogen-bond donors (Lipinski definition) is 1. The van der Waals surface area contributed by atoms with E-state index in [1.165, 1.54) is 11.8 Å². The lowest BCUT2D eigenvalue weighted by atomic mass is 9.98. The number of benzene rings is 2. The molecule has 1 heterocycles. The van der Waals surface area contributed by atoms with Gasteiger partial charge in [0, 0.05) is 13.1 Å². The van der Waals surface area contributed by atoms with Crippen LogP contribution in [0.25, 0.3) is 10.8 Å². The molecule has 1 aliphatic heterocycles. The minimum Gasteiger partial charge on any atom is -0.484 e. The van der Waals surface area contributed by atoms with Gasteiger partial charge in [0.2, 0.25) is 0 Å². The van der Waals surface area contributed by atoms with Crippen LogP contribution in [0.15, 0.2) is 42.5 Å². The summed E-state index contributed by atoms with van der Waals surface area (Å²) in [4.78, 5) is 14.3. The topological polar surface area (TPSA) is 41.6 Å². The molecule has 2 aromatic carbocycles. The second-order valence-electron chi connectivity index (χ2n) is 6.20. The number of carbonyl (C=O) groups is 1. The van der Waals surface area contributed by atoms with Crippen LogP contribution in [0.4, 0.5) is 0 Å². The van der Waals surface area contributed by atoms with Crippen molar-refractivity contribution in [3.63, 3.8) is 0 Å². The zero-order chi connectivity index (χ0) is 16.1. The van der Waals surface area contributed by atoms with Crippen molar-refractivity contribution in [1.29, 1.82) is 0 Å². The predicted octanol–water partition coefficient (Wildman–Crippen LogP) is 2.68. The molecule has 1 aliphatic rings. The first-order valence-corrected chi connectivity index (χ1v) is 8.30. The summed E-state index contributed by atoms with van der Waals surface area (Å²) in [6, 6.07) is 14.1. The largest absolute Gasteiger partial charge is 0.484 e. The maximum Gasteiger partial charge on any atom is 0.260 e. The summed E-state index contributed by atoms with van der Waals surface area (Å²) in [5.74, 6) is 1.39. The highest BCUT2D eigenvalue weighted by Gasteiger charge is 2.23. The molecule has 3 rings (SSSR count). The highest BCUT2D eigenvalue weighted by atomic mass is 16.5. The molecule has 4 heteroatoms. The van der Waals surface area contributed by atoms with Crippen LogP contribution >= 0.6 is 0 Å². The van der Waals surface area contributed by atoms with Crippen LogP contribution in [0.2, 0.25) is 0 Å². The first-order valence-electron chi connectivity index (χ1n) is 8.30. The Morgan fingerprint density at radius 2 is 2.09 bits per heavy atom. The van der Waals surface area contributed by atoms with E-state index in [1.807, 2.05) is 42.3 Å². The Balaban J connectivity index is 1.57. The molecule has 0 aliphatic carbocycles. The van der Waals surface area contributed by atoms with Crippen LogP contribution in [-0.2, 0) is 4.79 Å². The van der Waals surface area contributed by atoms with Gasteiger partial charge in [0.05, 0.1) is 0 Å². The number of amides is 1. The Morgan fingerprint density at radius 1 is 1.26 bits per heavy atom. The van der Waals surface area contributed by atoms with Gasteiger partial charge in [0.15, 0.2) is 6.61 Å². The Labute approximate surface area is 137 Å². The van der Waals surface area contributed by atoms with E-state index in [4.69, 9.17) is 4.74 Å². The summed E-state index contributed by atoms with van der Waals surface area (Å²) in [7, 11) is 1.96. The molecule has 0 radical (unpaired) electrons. The molecule has 1 atom stereocenters. The van der Waals surface area contributed by atoms with Crippen molar-refractivity contribution in [2.24, 2.45) is 5.92 Å². The number of hydrogen-bond acceptors (Lipinski definition) is 3. The third-order valence-electron chi connectivity index (χ3n) is 4.45. The number of nitrogens with zero attached hydrogens (tertiary/aromatic N) is 1. The molecular formula is C19H24N2O2. The van der Waals surface area contributed by atoms with Crippen LogP contribution in [0, 0.1) is 5.92 Å². The smallest absolute Gasteiger partial charge is 0.260 e. The maximum atomic E-state index is 12.4. The van der Waals surface area contributed by atoms with E-state index in [2.05, 4.69) is 17.4 Å². The van der Waals surface area contributed by atoms with Crippen molar-refractivity contribution in [3.05, 3.63) is 42.5 Å². The van der Waals surface area contributed by atoms with Crippen molar-refractivity contribution < 1.29 is 9.53 Å². The number of carbonyl (C=O) groups excluding carboxylic acids is 1. The van der Waals surface area contributed by atoms with Crippen LogP contribution in [-0.4, -0.2) is 44.1 Å². The fourth-order valence-corrected chi connectivity index (χ4v) is 3.24. The van der Waals surface area contributed by atoms with Crippen LogP contribution in [0.5, 0.6) is 5.75 Å². The van der Waals surface area contributed by atoms with Gasteiger partial charge >= 0.3 is 0 Å². The first kappa shape index (κ1) is 15.8. The minimum atomic E-state index is 0.0824. The van der Waals surface area contributed by atoms with Crippen molar-refractivity contribution in [2.75, 3.05) is 33.3 Å². The average molecular weight is 312 g/mol. The molecule has 4 nitrogen and oxygen atoms in total. The number of piperidine rings is 1. The van der Waals surface area contributed by atoms with Crippen molar-refractivity contribution in [3.8, 4) is 5.75 Å². The van der Waals surface area contributed by atoms with Crippen molar-refractivity contribution in [2.45, 2.75) is 12.8 Å². The Morgan fingerprint density at radius 3 is 2.91 bits per heavy atom. The lowest BCUT2D eigenvalue weighted by molar-refractivity contribution is -0.135. The second kappa shape index (κ2) is 7.47. The van der Waals surface area contributed by atoms with E-state index in [-0.39, 0.29) is 12.5 Å². The molecule has 0 saturated carbocycles. The predicted molar refractivity (Wildman–Crippen MR) is 92.7 cm³/mol. The maximum absolute atomic E-state index is 12.4. The van der Waals surface area contributed by atoms with E-state index in [0.29, 0.717) is 5.92 Å². The van der Waals surface area contributed by atoms with Gasteiger partial charge in [0.25, 0.3) is 5.91 Å². The van der Waals surface area contributed by atoms with Gasteiger partial charge in [0.1, 0.15) is 5.75 Å². The summed E-state index contributed by atoms with van der Waals surface area (Å²) >= 11 is 0. The lowest BCUT2D eigenvalue weighted by Crippen LogP contribution is -2.44. The summed E-state index contributed by atoms with van der Waals surface area (Å²) in [5.41, 5.74) is 0. The molecule has 1 N–H and O–H groups in total. The zero-order valence-electron chi connectivity index (χ0n) is 13.6. The zero-order valence-corrected chi connectivity index (χ0v) is 13.6. The molecule has 0 bridgehead atoms. The molecule has 0 aromatic heterocycles.